The van der Waals surface area contributed by atoms with E-state index in [-0.39, 0.29) is 5.60 Å². The zero-order valence-electron chi connectivity index (χ0n) is 13.2. The molecule has 0 N–H and O–H groups in total. The minimum atomic E-state index is 0.0789. The number of fused-ring (bicyclic) bond motifs is 1. The Morgan fingerprint density at radius 3 is 2.75 bits per heavy atom. The van der Waals surface area contributed by atoms with Gasteiger partial charge in [-0.3, -0.25) is 0 Å². The Kier molecular flexibility index (Phi) is 3.51. The van der Waals surface area contributed by atoms with Crippen LogP contribution in [0.5, 0.6) is 5.75 Å². The Morgan fingerprint density at radius 1 is 1.30 bits per heavy atom. The van der Waals surface area contributed by atoms with Gasteiger partial charge in [0, 0.05) is 26.1 Å². The van der Waals surface area contributed by atoms with Gasteiger partial charge in [-0.15, -0.1) is 0 Å². The zero-order chi connectivity index (χ0) is 14.3. The number of hydrogen-bond acceptors (Lipinski definition) is 3. The SMILES string of the molecule is Cc1cc(CN(C)C)cc2c1OC1(CC2)CCN(C)C1. The van der Waals surface area contributed by atoms with Crippen LogP contribution in [0, 0.1) is 6.92 Å². The summed E-state index contributed by atoms with van der Waals surface area (Å²) in [7, 11) is 6.43. The molecule has 2 heterocycles. The predicted octanol–water partition coefficient (Wildman–Crippen LogP) is 2.46. The van der Waals surface area contributed by atoms with Crippen LogP contribution in [0.25, 0.3) is 0 Å². The predicted molar refractivity (Wildman–Crippen MR) is 82.4 cm³/mol. The Bertz CT molecular complexity index is 512. The van der Waals surface area contributed by atoms with Crippen LogP contribution in [-0.4, -0.2) is 49.6 Å². The molecule has 0 amide bonds. The van der Waals surface area contributed by atoms with Crippen LogP contribution >= 0.6 is 0 Å². The summed E-state index contributed by atoms with van der Waals surface area (Å²) < 4.78 is 6.49. The molecule has 2 aliphatic rings. The van der Waals surface area contributed by atoms with Crippen molar-refractivity contribution in [3.63, 3.8) is 0 Å². The first-order valence-electron chi connectivity index (χ1n) is 7.62. The number of likely N-dealkylation sites (N-methyl/N-ethyl adjacent to an activating group) is 1. The number of ether oxygens (including phenoxy) is 1. The van der Waals surface area contributed by atoms with E-state index in [9.17, 15) is 0 Å². The largest absolute Gasteiger partial charge is 0.485 e. The average Bonchev–Trinajstić information content (AvgIpc) is 2.71. The fourth-order valence-electron chi connectivity index (χ4n) is 3.68. The number of benzene rings is 1. The van der Waals surface area contributed by atoms with E-state index in [4.69, 9.17) is 4.74 Å². The summed E-state index contributed by atoms with van der Waals surface area (Å²) in [5.41, 5.74) is 4.18. The van der Waals surface area contributed by atoms with Gasteiger partial charge in [0.15, 0.2) is 0 Å². The number of hydrogen-bond donors (Lipinski definition) is 0. The maximum absolute atomic E-state index is 6.49. The smallest absolute Gasteiger partial charge is 0.126 e. The summed E-state index contributed by atoms with van der Waals surface area (Å²) in [4.78, 5) is 4.61. The fourth-order valence-corrected chi connectivity index (χ4v) is 3.68. The summed E-state index contributed by atoms with van der Waals surface area (Å²) in [6.45, 7) is 5.43. The second-order valence-electron chi connectivity index (χ2n) is 6.91. The molecule has 110 valence electrons. The summed E-state index contributed by atoms with van der Waals surface area (Å²) in [5.74, 6) is 1.16. The highest BCUT2D eigenvalue weighted by Crippen LogP contribution is 2.40. The molecule has 3 heteroatoms. The summed E-state index contributed by atoms with van der Waals surface area (Å²) in [6.07, 6.45) is 3.49. The maximum atomic E-state index is 6.49. The van der Waals surface area contributed by atoms with Crippen molar-refractivity contribution in [3.05, 3.63) is 28.8 Å². The minimum absolute atomic E-state index is 0.0789. The summed E-state index contributed by atoms with van der Waals surface area (Å²) in [6, 6.07) is 4.63. The first kappa shape index (κ1) is 13.9. The molecule has 0 aromatic heterocycles. The molecule has 20 heavy (non-hydrogen) atoms. The van der Waals surface area contributed by atoms with Crippen LogP contribution in [0.15, 0.2) is 12.1 Å². The molecule has 2 aliphatic heterocycles. The molecule has 1 unspecified atom stereocenters. The van der Waals surface area contributed by atoms with Crippen LogP contribution in [-0.2, 0) is 13.0 Å². The van der Waals surface area contributed by atoms with Crippen molar-refractivity contribution in [2.24, 2.45) is 0 Å². The monoisotopic (exact) mass is 274 g/mol. The molecule has 1 atom stereocenters. The normalized spacial score (nSPS) is 26.1. The van der Waals surface area contributed by atoms with Crippen LogP contribution in [0.3, 0.4) is 0 Å². The highest BCUT2D eigenvalue weighted by atomic mass is 16.5. The molecule has 3 rings (SSSR count). The van der Waals surface area contributed by atoms with Crippen LogP contribution in [0.1, 0.15) is 29.5 Å². The number of likely N-dealkylation sites (tertiary alicyclic amines) is 1. The molecule has 0 saturated carbocycles. The van der Waals surface area contributed by atoms with Crippen LogP contribution < -0.4 is 4.74 Å². The standard InChI is InChI=1S/C17H26N2O/c1-13-9-14(11-18(2)3)10-15-5-6-17(20-16(13)15)7-8-19(4)12-17/h9-10H,5-8,11-12H2,1-4H3. The van der Waals surface area contributed by atoms with E-state index < -0.39 is 0 Å². The van der Waals surface area contributed by atoms with Gasteiger partial charge in [0.1, 0.15) is 11.4 Å². The minimum Gasteiger partial charge on any atom is -0.485 e. The number of aryl methyl sites for hydroxylation is 2. The van der Waals surface area contributed by atoms with Crippen molar-refractivity contribution in [2.75, 3.05) is 34.2 Å². The number of nitrogens with zero attached hydrogens (tertiary/aromatic N) is 2. The lowest BCUT2D eigenvalue weighted by Crippen LogP contribution is -2.42. The van der Waals surface area contributed by atoms with Gasteiger partial charge in [-0.25, -0.2) is 0 Å². The Hall–Kier alpha value is -1.06. The lowest BCUT2D eigenvalue weighted by Gasteiger charge is -2.36. The molecule has 1 aromatic rings. The topological polar surface area (TPSA) is 15.7 Å². The first-order chi connectivity index (χ1) is 9.47. The van der Waals surface area contributed by atoms with E-state index in [0.29, 0.717) is 0 Å². The second-order valence-corrected chi connectivity index (χ2v) is 6.91. The van der Waals surface area contributed by atoms with E-state index in [1.807, 2.05) is 0 Å². The van der Waals surface area contributed by atoms with E-state index in [1.165, 1.54) is 23.1 Å². The van der Waals surface area contributed by atoms with E-state index in [2.05, 4.69) is 50.0 Å². The van der Waals surface area contributed by atoms with E-state index in [1.54, 1.807) is 0 Å². The Morgan fingerprint density at radius 2 is 2.10 bits per heavy atom. The molecule has 1 fully saturated rings. The van der Waals surface area contributed by atoms with Crippen molar-refractivity contribution in [1.82, 2.24) is 9.80 Å². The van der Waals surface area contributed by atoms with Gasteiger partial charge >= 0.3 is 0 Å². The van der Waals surface area contributed by atoms with Gasteiger partial charge in [0.2, 0.25) is 0 Å². The Balaban J connectivity index is 1.87. The lowest BCUT2D eigenvalue weighted by molar-refractivity contribution is 0.0563. The third-order valence-corrected chi connectivity index (χ3v) is 4.59. The van der Waals surface area contributed by atoms with Crippen molar-refractivity contribution in [2.45, 2.75) is 38.3 Å². The third-order valence-electron chi connectivity index (χ3n) is 4.59. The molecular weight excluding hydrogens is 248 g/mol. The highest BCUT2D eigenvalue weighted by Gasteiger charge is 2.41. The lowest BCUT2D eigenvalue weighted by atomic mass is 9.88. The molecule has 1 aromatic carbocycles. The van der Waals surface area contributed by atoms with Gasteiger partial charge in [0.25, 0.3) is 0 Å². The first-order valence-corrected chi connectivity index (χ1v) is 7.62. The molecular formula is C17H26N2O. The summed E-state index contributed by atoms with van der Waals surface area (Å²) in [5, 5.41) is 0. The molecule has 0 bridgehead atoms. The third kappa shape index (κ3) is 2.57. The molecule has 0 aliphatic carbocycles. The zero-order valence-corrected chi connectivity index (χ0v) is 13.2. The van der Waals surface area contributed by atoms with E-state index >= 15 is 0 Å². The van der Waals surface area contributed by atoms with Gasteiger partial charge in [-0.1, -0.05) is 12.1 Å². The van der Waals surface area contributed by atoms with Crippen molar-refractivity contribution < 1.29 is 4.74 Å². The maximum Gasteiger partial charge on any atom is 0.126 e. The van der Waals surface area contributed by atoms with Crippen LogP contribution in [0.2, 0.25) is 0 Å². The number of rotatable bonds is 2. The van der Waals surface area contributed by atoms with Gasteiger partial charge < -0.3 is 14.5 Å². The molecule has 1 saturated heterocycles. The fraction of sp³-hybridized carbons (Fsp3) is 0.647. The molecule has 0 radical (unpaired) electrons. The van der Waals surface area contributed by atoms with Crippen LogP contribution in [0.4, 0.5) is 0 Å². The average molecular weight is 274 g/mol. The van der Waals surface area contributed by atoms with Gasteiger partial charge in [-0.05, 0) is 57.6 Å². The quantitative estimate of drug-likeness (QED) is 0.824. The second kappa shape index (κ2) is 5.05. The molecule has 3 nitrogen and oxygen atoms in total. The highest BCUT2D eigenvalue weighted by molar-refractivity contribution is 5.46. The van der Waals surface area contributed by atoms with Gasteiger partial charge in [-0.2, -0.15) is 0 Å². The van der Waals surface area contributed by atoms with Gasteiger partial charge in [0.05, 0.1) is 0 Å². The Labute approximate surface area is 122 Å². The summed E-state index contributed by atoms with van der Waals surface area (Å²) >= 11 is 0. The van der Waals surface area contributed by atoms with Crippen molar-refractivity contribution >= 4 is 0 Å². The van der Waals surface area contributed by atoms with Crippen molar-refractivity contribution in [3.8, 4) is 5.75 Å². The van der Waals surface area contributed by atoms with E-state index in [0.717, 1.165) is 38.2 Å². The molecule has 1 spiro atoms. The van der Waals surface area contributed by atoms with Crippen molar-refractivity contribution in [1.29, 1.82) is 0 Å².